The molecule has 1 aromatic carbocycles. The molecule has 1 unspecified atom stereocenters. The first-order chi connectivity index (χ1) is 8.60. The summed E-state index contributed by atoms with van der Waals surface area (Å²) < 4.78 is 5.84. The van der Waals surface area contributed by atoms with Gasteiger partial charge >= 0.3 is 0 Å². The molecular weight excluding hydrogens is 224 g/mol. The van der Waals surface area contributed by atoms with Gasteiger partial charge in [0.1, 0.15) is 11.3 Å². The number of nitrogens with two attached hydrogens (primary N) is 1. The summed E-state index contributed by atoms with van der Waals surface area (Å²) in [4.78, 5) is 0. The molecule has 0 fully saturated rings. The van der Waals surface area contributed by atoms with Crippen molar-refractivity contribution in [1.29, 1.82) is 0 Å². The first-order valence-electron chi connectivity index (χ1n) is 6.21. The zero-order valence-corrected chi connectivity index (χ0v) is 11.0. The fraction of sp³-hybridized carbons (Fsp3) is 0.333. The van der Waals surface area contributed by atoms with Crippen molar-refractivity contribution in [2.45, 2.75) is 32.7 Å². The second-order valence-electron chi connectivity index (χ2n) is 4.91. The molecule has 0 spiro atoms. The van der Waals surface area contributed by atoms with Crippen LogP contribution in [0.4, 0.5) is 0 Å². The lowest BCUT2D eigenvalue weighted by molar-refractivity contribution is 0.417. The first-order valence-corrected chi connectivity index (χ1v) is 6.21. The van der Waals surface area contributed by atoms with Crippen LogP contribution in [0.25, 0.3) is 11.0 Å². The summed E-state index contributed by atoms with van der Waals surface area (Å²) in [7, 11) is 0. The molecule has 1 atom stereocenters. The number of hydrazine groups is 1. The minimum Gasteiger partial charge on any atom is -0.459 e. The van der Waals surface area contributed by atoms with Gasteiger partial charge in [0.15, 0.2) is 0 Å². The largest absolute Gasteiger partial charge is 0.459 e. The van der Waals surface area contributed by atoms with Gasteiger partial charge in [-0.3, -0.25) is 5.84 Å². The van der Waals surface area contributed by atoms with Gasteiger partial charge in [-0.2, -0.15) is 0 Å². The van der Waals surface area contributed by atoms with Crippen molar-refractivity contribution in [3.63, 3.8) is 0 Å². The van der Waals surface area contributed by atoms with Gasteiger partial charge in [-0.1, -0.05) is 17.2 Å². The average molecular weight is 244 g/mol. The van der Waals surface area contributed by atoms with E-state index in [2.05, 4.69) is 31.1 Å². The molecule has 18 heavy (non-hydrogen) atoms. The molecule has 3 N–H and O–H groups in total. The highest BCUT2D eigenvalue weighted by Crippen LogP contribution is 2.27. The van der Waals surface area contributed by atoms with Crippen LogP contribution in [-0.2, 0) is 0 Å². The number of fused-ring (bicyclic) bond motifs is 1. The summed E-state index contributed by atoms with van der Waals surface area (Å²) >= 11 is 0. The zero-order chi connectivity index (χ0) is 13.1. The van der Waals surface area contributed by atoms with Crippen LogP contribution in [0, 0.1) is 6.92 Å². The van der Waals surface area contributed by atoms with E-state index in [0.29, 0.717) is 0 Å². The van der Waals surface area contributed by atoms with E-state index in [9.17, 15) is 0 Å². The molecule has 0 radical (unpaired) electrons. The second kappa shape index (κ2) is 5.38. The lowest BCUT2D eigenvalue weighted by Gasteiger charge is -2.12. The van der Waals surface area contributed by atoms with Gasteiger partial charge < -0.3 is 4.42 Å². The minimum absolute atomic E-state index is 0.0365. The predicted octanol–water partition coefficient (Wildman–Crippen LogP) is 3.60. The van der Waals surface area contributed by atoms with Crippen LogP contribution in [-0.4, -0.2) is 0 Å². The van der Waals surface area contributed by atoms with E-state index < -0.39 is 0 Å². The first kappa shape index (κ1) is 12.9. The molecule has 2 rings (SSSR count). The van der Waals surface area contributed by atoms with Gasteiger partial charge in [0, 0.05) is 5.39 Å². The lowest BCUT2D eigenvalue weighted by atomic mass is 10.1. The van der Waals surface area contributed by atoms with E-state index in [1.165, 1.54) is 5.56 Å². The molecule has 1 heterocycles. The molecule has 0 saturated carbocycles. The summed E-state index contributed by atoms with van der Waals surface area (Å²) in [5, 5.41) is 1.13. The second-order valence-corrected chi connectivity index (χ2v) is 4.91. The van der Waals surface area contributed by atoms with E-state index in [-0.39, 0.29) is 6.04 Å². The number of aryl methyl sites for hydroxylation is 1. The molecule has 3 nitrogen and oxygen atoms in total. The van der Waals surface area contributed by atoms with Crippen molar-refractivity contribution in [3.8, 4) is 0 Å². The molecule has 0 aliphatic carbocycles. The highest BCUT2D eigenvalue weighted by Gasteiger charge is 2.14. The van der Waals surface area contributed by atoms with E-state index in [1.807, 2.05) is 19.1 Å². The fourth-order valence-corrected chi connectivity index (χ4v) is 2.05. The Morgan fingerprint density at radius 3 is 2.89 bits per heavy atom. The van der Waals surface area contributed by atoms with E-state index in [4.69, 9.17) is 10.3 Å². The van der Waals surface area contributed by atoms with E-state index >= 15 is 0 Å². The highest BCUT2D eigenvalue weighted by molar-refractivity contribution is 5.78. The number of furan rings is 1. The summed E-state index contributed by atoms with van der Waals surface area (Å²) in [5.74, 6) is 6.49. The standard InChI is InChI=1S/C15H20N2O/c1-10(2)4-6-13(17-16)15-9-12-8-11(3)5-7-14(12)18-15/h5,7-9,13,17H,1,4,6,16H2,2-3H3. The summed E-state index contributed by atoms with van der Waals surface area (Å²) in [6.07, 6.45) is 1.83. The summed E-state index contributed by atoms with van der Waals surface area (Å²) in [6, 6.07) is 8.27. The van der Waals surface area contributed by atoms with Crippen LogP contribution in [0.2, 0.25) is 0 Å². The Balaban J connectivity index is 2.25. The number of rotatable bonds is 5. The molecule has 2 aromatic rings. The molecule has 0 aliphatic rings. The number of allylic oxidation sites excluding steroid dienone is 1. The third kappa shape index (κ3) is 2.81. The van der Waals surface area contributed by atoms with Crippen LogP contribution in [0.15, 0.2) is 40.8 Å². The van der Waals surface area contributed by atoms with Gasteiger partial charge in [-0.25, -0.2) is 5.43 Å². The number of nitrogens with one attached hydrogen (secondary N) is 1. The number of benzene rings is 1. The third-order valence-electron chi connectivity index (χ3n) is 3.10. The summed E-state index contributed by atoms with van der Waals surface area (Å²) in [5.41, 5.74) is 6.11. The van der Waals surface area contributed by atoms with Crippen LogP contribution < -0.4 is 11.3 Å². The van der Waals surface area contributed by atoms with Gasteiger partial charge in [0.2, 0.25) is 0 Å². The number of hydrogen-bond donors (Lipinski definition) is 2. The maximum Gasteiger partial charge on any atom is 0.134 e. The quantitative estimate of drug-likeness (QED) is 0.480. The molecule has 0 amide bonds. The molecule has 96 valence electrons. The van der Waals surface area contributed by atoms with Crippen molar-refractivity contribution in [2.75, 3.05) is 0 Å². The molecule has 0 bridgehead atoms. The molecule has 3 heteroatoms. The Morgan fingerprint density at radius 1 is 1.44 bits per heavy atom. The van der Waals surface area contributed by atoms with Crippen molar-refractivity contribution in [1.82, 2.24) is 5.43 Å². The monoisotopic (exact) mass is 244 g/mol. The Bertz CT molecular complexity index is 557. The fourth-order valence-electron chi connectivity index (χ4n) is 2.05. The number of hydrogen-bond acceptors (Lipinski definition) is 3. The van der Waals surface area contributed by atoms with Gasteiger partial charge in [-0.05, 0) is 44.9 Å². The maximum absolute atomic E-state index is 5.84. The van der Waals surface area contributed by atoms with Crippen LogP contribution in [0.1, 0.15) is 37.1 Å². The molecule has 0 saturated heterocycles. The van der Waals surface area contributed by atoms with Crippen molar-refractivity contribution in [2.24, 2.45) is 5.84 Å². The molecule has 0 aliphatic heterocycles. The van der Waals surface area contributed by atoms with Gasteiger partial charge in [0.05, 0.1) is 6.04 Å². The Morgan fingerprint density at radius 2 is 2.22 bits per heavy atom. The third-order valence-corrected chi connectivity index (χ3v) is 3.10. The van der Waals surface area contributed by atoms with Crippen LogP contribution >= 0.6 is 0 Å². The maximum atomic E-state index is 5.84. The molecule has 1 aromatic heterocycles. The Labute approximate surface area is 108 Å². The van der Waals surface area contributed by atoms with Crippen molar-refractivity contribution < 1.29 is 4.42 Å². The molecular formula is C15H20N2O. The van der Waals surface area contributed by atoms with Crippen LogP contribution in [0.5, 0.6) is 0 Å². The van der Waals surface area contributed by atoms with Gasteiger partial charge in [-0.15, -0.1) is 6.58 Å². The average Bonchev–Trinajstić information content (AvgIpc) is 2.72. The summed E-state index contributed by atoms with van der Waals surface area (Å²) in [6.45, 7) is 8.01. The predicted molar refractivity (Wildman–Crippen MR) is 75.1 cm³/mol. The minimum atomic E-state index is 0.0365. The highest BCUT2D eigenvalue weighted by atomic mass is 16.3. The Kier molecular flexibility index (Phi) is 3.84. The van der Waals surface area contributed by atoms with Crippen LogP contribution in [0.3, 0.4) is 0 Å². The Hall–Kier alpha value is -1.58. The van der Waals surface area contributed by atoms with E-state index in [1.54, 1.807) is 0 Å². The lowest BCUT2D eigenvalue weighted by Crippen LogP contribution is -2.27. The van der Waals surface area contributed by atoms with Crippen molar-refractivity contribution in [3.05, 3.63) is 47.7 Å². The van der Waals surface area contributed by atoms with E-state index in [0.717, 1.165) is 35.1 Å². The normalized spacial score (nSPS) is 12.8. The zero-order valence-electron chi connectivity index (χ0n) is 11.0. The van der Waals surface area contributed by atoms with Crippen molar-refractivity contribution >= 4 is 11.0 Å². The smallest absolute Gasteiger partial charge is 0.134 e. The SMILES string of the molecule is C=C(C)CCC(NN)c1cc2cc(C)ccc2o1. The topological polar surface area (TPSA) is 51.2 Å². The van der Waals surface area contributed by atoms with Gasteiger partial charge in [0.25, 0.3) is 0 Å².